The van der Waals surface area contributed by atoms with Gasteiger partial charge < -0.3 is 16.2 Å². The van der Waals surface area contributed by atoms with Gasteiger partial charge in [-0.3, -0.25) is 10.3 Å². The standard InChI is InChI=1S/C13H20N4O2/c1-4-8-6-10(18)7-9(5-2)11(8)16-13(19)17-12(14)15-3/h6-7,18H,4-5H2,1-3H3,(H4,14,15,16,17,19). The molecular formula is C13H20N4O2. The van der Waals surface area contributed by atoms with Crippen molar-refractivity contribution in [1.29, 1.82) is 0 Å². The number of nitrogens with one attached hydrogen (secondary N) is 2. The van der Waals surface area contributed by atoms with Crippen molar-refractivity contribution in [2.75, 3.05) is 12.4 Å². The van der Waals surface area contributed by atoms with Crippen LogP contribution in [-0.4, -0.2) is 24.1 Å². The van der Waals surface area contributed by atoms with Crippen LogP contribution in [0.4, 0.5) is 10.5 Å². The molecule has 0 heterocycles. The molecule has 104 valence electrons. The molecule has 0 fully saturated rings. The van der Waals surface area contributed by atoms with E-state index in [0.717, 1.165) is 11.1 Å². The number of urea groups is 1. The van der Waals surface area contributed by atoms with Crippen molar-refractivity contribution in [1.82, 2.24) is 5.32 Å². The molecule has 0 bridgehead atoms. The maximum absolute atomic E-state index is 11.8. The Kier molecular flexibility index (Phi) is 5.17. The van der Waals surface area contributed by atoms with Gasteiger partial charge in [0, 0.05) is 12.7 Å². The van der Waals surface area contributed by atoms with E-state index in [2.05, 4.69) is 15.6 Å². The van der Waals surface area contributed by atoms with Crippen LogP contribution in [0.25, 0.3) is 0 Å². The number of phenolic OH excluding ortho intramolecular Hbond substituents is 1. The zero-order chi connectivity index (χ0) is 14.4. The molecular weight excluding hydrogens is 244 g/mol. The van der Waals surface area contributed by atoms with E-state index in [4.69, 9.17) is 5.73 Å². The summed E-state index contributed by atoms with van der Waals surface area (Å²) in [4.78, 5) is 15.4. The normalized spacial score (nSPS) is 11.2. The molecule has 1 aromatic rings. The maximum atomic E-state index is 11.8. The van der Waals surface area contributed by atoms with Gasteiger partial charge in [-0.25, -0.2) is 4.79 Å². The lowest BCUT2D eigenvalue weighted by Gasteiger charge is -2.15. The molecule has 2 amide bonds. The highest BCUT2D eigenvalue weighted by atomic mass is 16.3. The Bertz CT molecular complexity index is 472. The molecule has 0 radical (unpaired) electrons. The number of nitrogens with zero attached hydrogens (tertiary/aromatic N) is 1. The van der Waals surface area contributed by atoms with Crippen LogP contribution >= 0.6 is 0 Å². The van der Waals surface area contributed by atoms with E-state index in [-0.39, 0.29) is 11.7 Å². The summed E-state index contributed by atoms with van der Waals surface area (Å²) in [6.07, 6.45) is 1.41. The number of hydrogen-bond acceptors (Lipinski definition) is 3. The Hall–Kier alpha value is -2.24. The van der Waals surface area contributed by atoms with Gasteiger partial charge in [-0.2, -0.15) is 0 Å². The van der Waals surface area contributed by atoms with Gasteiger partial charge >= 0.3 is 6.03 Å². The third kappa shape index (κ3) is 3.87. The first-order valence-corrected chi connectivity index (χ1v) is 6.16. The van der Waals surface area contributed by atoms with Crippen molar-refractivity contribution in [3.63, 3.8) is 0 Å². The zero-order valence-electron chi connectivity index (χ0n) is 11.4. The molecule has 0 saturated heterocycles. The van der Waals surface area contributed by atoms with Crippen molar-refractivity contribution in [2.24, 2.45) is 10.7 Å². The number of carbonyl (C=O) groups is 1. The smallest absolute Gasteiger partial charge is 0.326 e. The molecule has 1 aromatic carbocycles. The van der Waals surface area contributed by atoms with E-state index in [1.165, 1.54) is 7.05 Å². The van der Waals surface area contributed by atoms with Gasteiger partial charge in [0.25, 0.3) is 0 Å². The quantitative estimate of drug-likeness (QED) is 0.379. The summed E-state index contributed by atoms with van der Waals surface area (Å²) < 4.78 is 0. The number of aromatic hydroxyl groups is 1. The average molecular weight is 264 g/mol. The summed E-state index contributed by atoms with van der Waals surface area (Å²) in [5.41, 5.74) is 7.89. The van der Waals surface area contributed by atoms with Crippen molar-refractivity contribution >= 4 is 17.7 Å². The average Bonchev–Trinajstić information content (AvgIpc) is 2.39. The molecule has 0 aliphatic heterocycles. The summed E-state index contributed by atoms with van der Waals surface area (Å²) in [7, 11) is 1.49. The summed E-state index contributed by atoms with van der Waals surface area (Å²) in [5.74, 6) is 0.252. The fourth-order valence-corrected chi connectivity index (χ4v) is 1.78. The van der Waals surface area contributed by atoms with Crippen LogP contribution in [0.15, 0.2) is 17.1 Å². The van der Waals surface area contributed by atoms with E-state index in [1.54, 1.807) is 12.1 Å². The van der Waals surface area contributed by atoms with Gasteiger partial charge in [-0.05, 0) is 36.1 Å². The maximum Gasteiger partial charge on any atom is 0.326 e. The third-order valence-electron chi connectivity index (χ3n) is 2.77. The highest BCUT2D eigenvalue weighted by Gasteiger charge is 2.12. The fraction of sp³-hybridized carbons (Fsp3) is 0.385. The summed E-state index contributed by atoms with van der Waals surface area (Å²) >= 11 is 0. The number of guanidine groups is 1. The van der Waals surface area contributed by atoms with E-state index in [9.17, 15) is 9.90 Å². The highest BCUT2D eigenvalue weighted by molar-refractivity contribution is 6.02. The number of hydrogen-bond donors (Lipinski definition) is 4. The first kappa shape index (κ1) is 14.8. The Balaban J connectivity index is 3.02. The number of amides is 2. The Morgan fingerprint density at radius 1 is 1.32 bits per heavy atom. The second kappa shape index (κ2) is 6.63. The minimum Gasteiger partial charge on any atom is -0.508 e. The number of nitrogens with two attached hydrogens (primary N) is 1. The molecule has 1 rings (SSSR count). The molecule has 0 saturated carbocycles. The van der Waals surface area contributed by atoms with Crippen molar-refractivity contribution in [2.45, 2.75) is 26.7 Å². The molecule has 0 unspecified atom stereocenters. The number of carbonyl (C=O) groups excluding carboxylic acids is 1. The summed E-state index contributed by atoms with van der Waals surface area (Å²) in [6, 6.07) is 2.84. The van der Waals surface area contributed by atoms with Crippen LogP contribution in [0.1, 0.15) is 25.0 Å². The Morgan fingerprint density at radius 3 is 2.26 bits per heavy atom. The van der Waals surface area contributed by atoms with E-state index < -0.39 is 6.03 Å². The minimum absolute atomic E-state index is 0.0485. The van der Waals surface area contributed by atoms with Gasteiger partial charge in [0.2, 0.25) is 0 Å². The zero-order valence-corrected chi connectivity index (χ0v) is 11.4. The van der Waals surface area contributed by atoms with Crippen LogP contribution < -0.4 is 16.4 Å². The minimum atomic E-state index is -0.446. The Morgan fingerprint density at radius 2 is 1.84 bits per heavy atom. The number of aryl methyl sites for hydroxylation is 2. The second-order valence-electron chi connectivity index (χ2n) is 4.03. The molecule has 5 N–H and O–H groups in total. The molecule has 6 nitrogen and oxygen atoms in total. The van der Waals surface area contributed by atoms with Crippen LogP contribution in [0.2, 0.25) is 0 Å². The highest BCUT2D eigenvalue weighted by Crippen LogP contribution is 2.27. The predicted octanol–water partition coefficient (Wildman–Crippen LogP) is 1.58. The van der Waals surface area contributed by atoms with Gasteiger partial charge in [-0.15, -0.1) is 0 Å². The van der Waals surface area contributed by atoms with Crippen LogP contribution in [0.5, 0.6) is 5.75 Å². The first-order valence-electron chi connectivity index (χ1n) is 6.16. The van der Waals surface area contributed by atoms with Gasteiger partial charge in [0.05, 0.1) is 0 Å². The predicted molar refractivity (Wildman–Crippen MR) is 76.6 cm³/mol. The molecule has 0 atom stereocenters. The first-order chi connectivity index (χ1) is 9.01. The van der Waals surface area contributed by atoms with Crippen molar-refractivity contribution in [3.05, 3.63) is 23.3 Å². The van der Waals surface area contributed by atoms with Crippen LogP contribution in [-0.2, 0) is 12.8 Å². The van der Waals surface area contributed by atoms with Crippen molar-refractivity contribution in [3.8, 4) is 5.75 Å². The van der Waals surface area contributed by atoms with Gasteiger partial charge in [0.15, 0.2) is 5.96 Å². The number of aliphatic imine (C=N–C) groups is 1. The lowest BCUT2D eigenvalue weighted by Crippen LogP contribution is -2.39. The summed E-state index contributed by atoms with van der Waals surface area (Å²) in [5, 5.41) is 14.8. The SMILES string of the molecule is CCc1cc(O)cc(CC)c1NC(=O)NC(N)=NC. The molecule has 19 heavy (non-hydrogen) atoms. The molecule has 0 spiro atoms. The molecule has 0 aromatic heterocycles. The van der Waals surface area contributed by atoms with Gasteiger partial charge in [0.1, 0.15) is 5.75 Å². The van der Waals surface area contributed by atoms with Gasteiger partial charge in [-0.1, -0.05) is 13.8 Å². The number of phenols is 1. The van der Waals surface area contributed by atoms with E-state index in [0.29, 0.717) is 18.5 Å². The fourth-order valence-electron chi connectivity index (χ4n) is 1.78. The van der Waals surface area contributed by atoms with Crippen LogP contribution in [0.3, 0.4) is 0 Å². The number of benzene rings is 1. The lowest BCUT2D eigenvalue weighted by molar-refractivity contribution is 0.256. The molecule has 0 aliphatic rings. The Labute approximate surface area is 112 Å². The molecule has 0 aliphatic carbocycles. The second-order valence-corrected chi connectivity index (χ2v) is 4.03. The number of anilines is 1. The molecule has 6 heteroatoms. The third-order valence-corrected chi connectivity index (χ3v) is 2.77. The van der Waals surface area contributed by atoms with Crippen LogP contribution in [0, 0.1) is 0 Å². The largest absolute Gasteiger partial charge is 0.508 e. The monoisotopic (exact) mass is 264 g/mol. The van der Waals surface area contributed by atoms with Crippen molar-refractivity contribution < 1.29 is 9.90 Å². The van der Waals surface area contributed by atoms with E-state index in [1.807, 2.05) is 13.8 Å². The lowest BCUT2D eigenvalue weighted by atomic mass is 10.0. The number of rotatable bonds is 3. The summed E-state index contributed by atoms with van der Waals surface area (Å²) in [6.45, 7) is 3.92. The topological polar surface area (TPSA) is 99.7 Å². The van der Waals surface area contributed by atoms with E-state index >= 15 is 0 Å².